The van der Waals surface area contributed by atoms with Gasteiger partial charge >= 0.3 is 5.97 Å². The molecule has 1 heterocycles. The summed E-state index contributed by atoms with van der Waals surface area (Å²) in [6.07, 6.45) is 1.55. The highest BCUT2D eigenvalue weighted by Crippen LogP contribution is 2.22. The molecule has 132 valence electrons. The molecule has 1 aromatic rings. The number of likely N-dealkylation sites (tertiary alicyclic amines) is 1. The first-order valence-electron chi connectivity index (χ1n) is 8.35. The molecule has 0 spiro atoms. The molecule has 2 rings (SSSR count). The van der Waals surface area contributed by atoms with Gasteiger partial charge in [-0.05, 0) is 43.0 Å². The fourth-order valence-corrected chi connectivity index (χ4v) is 2.82. The predicted molar refractivity (Wildman–Crippen MR) is 89.2 cm³/mol. The number of rotatable bonds is 7. The van der Waals surface area contributed by atoms with E-state index in [4.69, 9.17) is 14.6 Å². The SMILES string of the molecule is CCCOc1ccc(OCC(=O)N2CC(C)CC(C(=O)O)C2)cc1. The molecule has 1 fully saturated rings. The van der Waals surface area contributed by atoms with Crippen molar-refractivity contribution in [2.75, 3.05) is 26.3 Å². The zero-order valence-corrected chi connectivity index (χ0v) is 14.2. The van der Waals surface area contributed by atoms with Gasteiger partial charge in [0.1, 0.15) is 11.5 Å². The summed E-state index contributed by atoms with van der Waals surface area (Å²) in [6.45, 7) is 5.41. The Labute approximate surface area is 142 Å². The normalized spacial score (nSPS) is 20.5. The number of aliphatic carboxylic acids is 1. The Balaban J connectivity index is 1.84. The monoisotopic (exact) mass is 335 g/mol. The van der Waals surface area contributed by atoms with Crippen LogP contribution in [0.2, 0.25) is 0 Å². The first-order valence-corrected chi connectivity index (χ1v) is 8.35. The van der Waals surface area contributed by atoms with Gasteiger partial charge in [0.05, 0.1) is 12.5 Å². The Kier molecular flexibility index (Phi) is 6.46. The van der Waals surface area contributed by atoms with Crippen LogP contribution in [0.15, 0.2) is 24.3 Å². The van der Waals surface area contributed by atoms with Crippen LogP contribution in [-0.2, 0) is 9.59 Å². The van der Waals surface area contributed by atoms with Crippen molar-refractivity contribution in [3.63, 3.8) is 0 Å². The van der Waals surface area contributed by atoms with E-state index in [1.165, 1.54) is 0 Å². The fourth-order valence-electron chi connectivity index (χ4n) is 2.82. The van der Waals surface area contributed by atoms with Gasteiger partial charge in [0, 0.05) is 13.1 Å². The van der Waals surface area contributed by atoms with E-state index in [9.17, 15) is 9.59 Å². The second-order valence-electron chi connectivity index (χ2n) is 6.28. The molecule has 1 aromatic carbocycles. The minimum atomic E-state index is -0.845. The number of amides is 1. The highest BCUT2D eigenvalue weighted by molar-refractivity contribution is 5.79. The molecule has 0 radical (unpaired) electrons. The van der Waals surface area contributed by atoms with Gasteiger partial charge in [-0.3, -0.25) is 9.59 Å². The average Bonchev–Trinajstić information content (AvgIpc) is 2.58. The molecule has 2 atom stereocenters. The molecule has 1 aliphatic rings. The van der Waals surface area contributed by atoms with E-state index in [1.807, 2.05) is 13.8 Å². The molecule has 1 aliphatic heterocycles. The number of hydrogen-bond donors (Lipinski definition) is 1. The van der Waals surface area contributed by atoms with Crippen LogP contribution in [0.4, 0.5) is 0 Å². The second kappa shape index (κ2) is 8.57. The van der Waals surface area contributed by atoms with Crippen LogP contribution in [0, 0.1) is 11.8 Å². The molecule has 1 N–H and O–H groups in total. The van der Waals surface area contributed by atoms with E-state index in [-0.39, 0.29) is 25.0 Å². The Morgan fingerprint density at radius 2 is 1.79 bits per heavy atom. The van der Waals surface area contributed by atoms with E-state index in [2.05, 4.69) is 0 Å². The topological polar surface area (TPSA) is 76.1 Å². The summed E-state index contributed by atoms with van der Waals surface area (Å²) in [5.74, 6) is 0.0188. The molecule has 0 aliphatic carbocycles. The second-order valence-corrected chi connectivity index (χ2v) is 6.28. The molecular formula is C18H25NO5. The average molecular weight is 335 g/mol. The summed E-state index contributed by atoms with van der Waals surface area (Å²) >= 11 is 0. The zero-order valence-electron chi connectivity index (χ0n) is 14.2. The minimum Gasteiger partial charge on any atom is -0.494 e. The third-order valence-electron chi connectivity index (χ3n) is 4.02. The van der Waals surface area contributed by atoms with Gasteiger partial charge in [-0.15, -0.1) is 0 Å². The lowest BCUT2D eigenvalue weighted by Gasteiger charge is -2.34. The summed E-state index contributed by atoms with van der Waals surface area (Å²) < 4.78 is 11.0. The molecule has 6 nitrogen and oxygen atoms in total. The lowest BCUT2D eigenvalue weighted by atomic mass is 9.90. The number of carboxylic acid groups (broad SMARTS) is 1. The number of benzene rings is 1. The molecule has 6 heteroatoms. The van der Waals surface area contributed by atoms with Crippen LogP contribution in [0.1, 0.15) is 26.7 Å². The zero-order chi connectivity index (χ0) is 17.5. The van der Waals surface area contributed by atoms with Crippen LogP contribution in [0.5, 0.6) is 11.5 Å². The summed E-state index contributed by atoms with van der Waals surface area (Å²) in [5, 5.41) is 9.17. The maximum absolute atomic E-state index is 12.3. The summed E-state index contributed by atoms with van der Waals surface area (Å²) in [4.78, 5) is 25.0. The molecule has 1 saturated heterocycles. The molecule has 2 unspecified atom stereocenters. The Morgan fingerprint density at radius 1 is 1.17 bits per heavy atom. The van der Waals surface area contributed by atoms with Gasteiger partial charge in [-0.25, -0.2) is 0 Å². The molecule has 0 bridgehead atoms. The van der Waals surface area contributed by atoms with Crippen LogP contribution in [0.25, 0.3) is 0 Å². The predicted octanol–water partition coefficient (Wildman–Crippen LogP) is 2.42. The first kappa shape index (κ1) is 18.1. The van der Waals surface area contributed by atoms with Crippen LogP contribution >= 0.6 is 0 Å². The lowest BCUT2D eigenvalue weighted by Crippen LogP contribution is -2.47. The lowest BCUT2D eigenvalue weighted by molar-refractivity contribution is -0.147. The maximum Gasteiger partial charge on any atom is 0.308 e. The van der Waals surface area contributed by atoms with Gasteiger partial charge in [0.15, 0.2) is 6.61 Å². The standard InChI is InChI=1S/C18H25NO5/c1-3-8-23-15-4-6-16(7-5-15)24-12-17(20)19-10-13(2)9-14(11-19)18(21)22/h4-7,13-14H,3,8-12H2,1-2H3,(H,21,22). The van der Waals surface area contributed by atoms with E-state index in [1.54, 1.807) is 29.2 Å². The van der Waals surface area contributed by atoms with Crippen LogP contribution in [-0.4, -0.2) is 48.2 Å². The van der Waals surface area contributed by atoms with Crippen molar-refractivity contribution in [2.24, 2.45) is 11.8 Å². The van der Waals surface area contributed by atoms with Crippen molar-refractivity contribution < 1.29 is 24.2 Å². The Hall–Kier alpha value is -2.24. The Morgan fingerprint density at radius 3 is 2.38 bits per heavy atom. The number of carbonyl (C=O) groups is 2. The van der Waals surface area contributed by atoms with E-state index < -0.39 is 11.9 Å². The van der Waals surface area contributed by atoms with Crippen molar-refractivity contribution >= 4 is 11.9 Å². The van der Waals surface area contributed by atoms with Crippen molar-refractivity contribution in [3.8, 4) is 11.5 Å². The molecule has 24 heavy (non-hydrogen) atoms. The number of hydrogen-bond acceptors (Lipinski definition) is 4. The minimum absolute atomic E-state index is 0.0891. The molecule has 0 aromatic heterocycles. The van der Waals surface area contributed by atoms with Gasteiger partial charge in [-0.2, -0.15) is 0 Å². The van der Waals surface area contributed by atoms with E-state index in [0.717, 1.165) is 12.2 Å². The third-order valence-corrected chi connectivity index (χ3v) is 4.02. The number of carboxylic acids is 1. The van der Waals surface area contributed by atoms with E-state index in [0.29, 0.717) is 25.3 Å². The van der Waals surface area contributed by atoms with Crippen LogP contribution < -0.4 is 9.47 Å². The first-order chi connectivity index (χ1) is 11.5. The third kappa shape index (κ3) is 5.15. The van der Waals surface area contributed by atoms with Crippen LogP contribution in [0.3, 0.4) is 0 Å². The molecule has 1 amide bonds. The van der Waals surface area contributed by atoms with Crippen molar-refractivity contribution in [1.29, 1.82) is 0 Å². The summed E-state index contributed by atoms with van der Waals surface area (Å²) in [6, 6.07) is 7.13. The smallest absolute Gasteiger partial charge is 0.308 e. The molecular weight excluding hydrogens is 310 g/mol. The quantitative estimate of drug-likeness (QED) is 0.828. The maximum atomic E-state index is 12.3. The van der Waals surface area contributed by atoms with E-state index >= 15 is 0 Å². The largest absolute Gasteiger partial charge is 0.494 e. The van der Waals surface area contributed by atoms with Gasteiger partial charge < -0.3 is 19.5 Å². The van der Waals surface area contributed by atoms with Gasteiger partial charge in [0.25, 0.3) is 5.91 Å². The van der Waals surface area contributed by atoms with Crippen molar-refractivity contribution in [2.45, 2.75) is 26.7 Å². The van der Waals surface area contributed by atoms with Gasteiger partial charge in [0.2, 0.25) is 0 Å². The number of piperidine rings is 1. The van der Waals surface area contributed by atoms with Crippen molar-refractivity contribution in [3.05, 3.63) is 24.3 Å². The van der Waals surface area contributed by atoms with Crippen molar-refractivity contribution in [1.82, 2.24) is 4.90 Å². The fraction of sp³-hybridized carbons (Fsp3) is 0.556. The highest BCUT2D eigenvalue weighted by Gasteiger charge is 2.31. The van der Waals surface area contributed by atoms with Gasteiger partial charge in [-0.1, -0.05) is 13.8 Å². The molecule has 0 saturated carbocycles. The number of ether oxygens (including phenoxy) is 2. The number of nitrogens with zero attached hydrogens (tertiary/aromatic N) is 1. The number of carbonyl (C=O) groups excluding carboxylic acids is 1. The Bertz CT molecular complexity index is 557. The summed E-state index contributed by atoms with van der Waals surface area (Å²) in [7, 11) is 0. The summed E-state index contributed by atoms with van der Waals surface area (Å²) in [5.41, 5.74) is 0. The highest BCUT2D eigenvalue weighted by atomic mass is 16.5.